The highest BCUT2D eigenvalue weighted by atomic mass is 19.3. The maximum absolute atomic E-state index is 11.6. The van der Waals surface area contributed by atoms with Crippen LogP contribution in [-0.2, 0) is 0 Å². The average Bonchev–Trinajstić information content (AvgIpc) is 1.82. The van der Waals surface area contributed by atoms with Crippen LogP contribution in [0.3, 0.4) is 0 Å². The van der Waals surface area contributed by atoms with Crippen LogP contribution in [0.1, 0.15) is 12.8 Å². The van der Waals surface area contributed by atoms with Crippen LogP contribution < -0.4 is 0 Å². The molecule has 0 nitrogen and oxygen atoms in total. The number of hydrogen-bond acceptors (Lipinski definition) is 0. The third kappa shape index (κ3) is 3.88. The Bertz CT molecular complexity index is 105. The van der Waals surface area contributed by atoms with Gasteiger partial charge >= 0.3 is 0 Å². The Hall–Kier alpha value is -0.660. The van der Waals surface area contributed by atoms with Gasteiger partial charge in [0.25, 0.3) is 6.43 Å². The quantitative estimate of drug-likeness (QED) is 0.516. The molecule has 2 heteroatoms. The van der Waals surface area contributed by atoms with Gasteiger partial charge in [-0.1, -0.05) is 12.7 Å². The van der Waals surface area contributed by atoms with E-state index in [1.165, 1.54) is 0 Å². The SMILES string of the molecule is C=CCCC(=C)C(F)F. The molecular formula is C7H10F2. The van der Waals surface area contributed by atoms with E-state index in [4.69, 9.17) is 0 Å². The van der Waals surface area contributed by atoms with Gasteiger partial charge in [0.05, 0.1) is 0 Å². The van der Waals surface area contributed by atoms with Gasteiger partial charge < -0.3 is 0 Å². The monoisotopic (exact) mass is 132 g/mol. The highest BCUT2D eigenvalue weighted by Gasteiger charge is 2.05. The Morgan fingerprint density at radius 2 is 2.11 bits per heavy atom. The molecule has 0 unspecified atom stereocenters. The molecule has 0 aliphatic rings. The molecule has 9 heavy (non-hydrogen) atoms. The van der Waals surface area contributed by atoms with Crippen LogP contribution in [0.2, 0.25) is 0 Å². The molecule has 0 heterocycles. The van der Waals surface area contributed by atoms with Crippen molar-refractivity contribution in [2.75, 3.05) is 0 Å². The van der Waals surface area contributed by atoms with E-state index in [1.807, 2.05) is 0 Å². The first-order valence-electron chi connectivity index (χ1n) is 2.75. The minimum atomic E-state index is -2.37. The molecule has 0 aromatic rings. The van der Waals surface area contributed by atoms with Crippen molar-refractivity contribution in [2.45, 2.75) is 19.3 Å². The van der Waals surface area contributed by atoms with Crippen molar-refractivity contribution < 1.29 is 8.78 Å². The van der Waals surface area contributed by atoms with Crippen molar-refractivity contribution in [1.82, 2.24) is 0 Å². The molecular weight excluding hydrogens is 122 g/mol. The minimum Gasteiger partial charge on any atom is -0.205 e. The Balaban J connectivity index is 3.38. The van der Waals surface area contributed by atoms with Gasteiger partial charge in [0.15, 0.2) is 0 Å². The molecule has 0 radical (unpaired) electrons. The summed E-state index contributed by atoms with van der Waals surface area (Å²) in [5.41, 5.74) is -0.00472. The summed E-state index contributed by atoms with van der Waals surface area (Å²) >= 11 is 0. The van der Waals surface area contributed by atoms with Gasteiger partial charge in [0.2, 0.25) is 0 Å². The van der Waals surface area contributed by atoms with Crippen molar-refractivity contribution in [3.05, 3.63) is 24.8 Å². The van der Waals surface area contributed by atoms with Crippen LogP contribution in [0.4, 0.5) is 8.78 Å². The maximum atomic E-state index is 11.6. The number of rotatable bonds is 4. The molecule has 0 aliphatic heterocycles. The topological polar surface area (TPSA) is 0 Å². The molecule has 0 rings (SSSR count). The number of alkyl halides is 2. The van der Waals surface area contributed by atoms with Crippen LogP contribution in [0, 0.1) is 0 Å². The smallest absolute Gasteiger partial charge is 0.205 e. The van der Waals surface area contributed by atoms with Crippen LogP contribution in [0.25, 0.3) is 0 Å². The molecule has 0 saturated carbocycles. The second-order valence-corrected chi connectivity index (χ2v) is 1.79. The van der Waals surface area contributed by atoms with E-state index in [-0.39, 0.29) is 5.57 Å². The Morgan fingerprint density at radius 3 is 2.44 bits per heavy atom. The Morgan fingerprint density at radius 1 is 1.56 bits per heavy atom. The van der Waals surface area contributed by atoms with Crippen LogP contribution in [0.5, 0.6) is 0 Å². The Kier molecular flexibility index (Phi) is 3.93. The second kappa shape index (κ2) is 4.24. The number of halogens is 2. The van der Waals surface area contributed by atoms with Gasteiger partial charge in [-0.3, -0.25) is 0 Å². The summed E-state index contributed by atoms with van der Waals surface area (Å²) in [6.45, 7) is 6.60. The van der Waals surface area contributed by atoms with Gasteiger partial charge in [0, 0.05) is 0 Å². The van der Waals surface area contributed by atoms with E-state index in [2.05, 4.69) is 13.2 Å². The first kappa shape index (κ1) is 8.34. The summed E-state index contributed by atoms with van der Waals surface area (Å²) in [7, 11) is 0. The first-order valence-corrected chi connectivity index (χ1v) is 2.75. The predicted molar refractivity (Wildman–Crippen MR) is 34.6 cm³/mol. The van der Waals surface area contributed by atoms with E-state index < -0.39 is 6.43 Å². The fraction of sp³-hybridized carbons (Fsp3) is 0.429. The average molecular weight is 132 g/mol. The number of allylic oxidation sites excluding steroid dienone is 2. The highest BCUT2D eigenvalue weighted by Crippen LogP contribution is 2.11. The molecule has 0 bridgehead atoms. The van der Waals surface area contributed by atoms with Crippen LogP contribution in [-0.4, -0.2) is 6.43 Å². The predicted octanol–water partition coefficient (Wildman–Crippen LogP) is 2.77. The largest absolute Gasteiger partial charge is 0.259 e. The lowest BCUT2D eigenvalue weighted by molar-refractivity contribution is 0.186. The summed E-state index contributed by atoms with van der Waals surface area (Å²) in [6.07, 6.45) is 0.169. The molecule has 0 atom stereocenters. The summed E-state index contributed by atoms with van der Waals surface area (Å²) in [6, 6.07) is 0. The van der Waals surface area contributed by atoms with E-state index >= 15 is 0 Å². The lowest BCUT2D eigenvalue weighted by Gasteiger charge is -1.99. The molecule has 0 amide bonds. The third-order valence-corrected chi connectivity index (χ3v) is 0.978. The van der Waals surface area contributed by atoms with Gasteiger partial charge in [-0.15, -0.1) is 6.58 Å². The molecule has 0 aromatic carbocycles. The van der Waals surface area contributed by atoms with Crippen molar-refractivity contribution in [2.24, 2.45) is 0 Å². The summed E-state index contributed by atoms with van der Waals surface area (Å²) in [5.74, 6) is 0. The van der Waals surface area contributed by atoms with Crippen molar-refractivity contribution in [1.29, 1.82) is 0 Å². The lowest BCUT2D eigenvalue weighted by Crippen LogP contribution is -1.93. The molecule has 0 spiro atoms. The summed E-state index contributed by atoms with van der Waals surface area (Å²) < 4.78 is 23.2. The zero-order valence-corrected chi connectivity index (χ0v) is 5.24. The molecule has 0 aromatic heterocycles. The lowest BCUT2D eigenvalue weighted by atomic mass is 10.2. The fourth-order valence-corrected chi connectivity index (χ4v) is 0.397. The van der Waals surface area contributed by atoms with Gasteiger partial charge in [0.1, 0.15) is 0 Å². The van der Waals surface area contributed by atoms with Crippen LogP contribution >= 0.6 is 0 Å². The van der Waals surface area contributed by atoms with E-state index in [0.717, 1.165) is 0 Å². The molecule has 52 valence electrons. The molecule has 0 aliphatic carbocycles. The van der Waals surface area contributed by atoms with Crippen molar-refractivity contribution in [3.63, 3.8) is 0 Å². The zero-order valence-electron chi connectivity index (χ0n) is 5.24. The molecule has 0 N–H and O–H groups in total. The fourth-order valence-electron chi connectivity index (χ4n) is 0.397. The van der Waals surface area contributed by atoms with Crippen molar-refractivity contribution in [3.8, 4) is 0 Å². The van der Waals surface area contributed by atoms with E-state index in [9.17, 15) is 8.78 Å². The van der Waals surface area contributed by atoms with Gasteiger partial charge in [-0.2, -0.15) is 0 Å². The first-order chi connectivity index (χ1) is 4.18. The van der Waals surface area contributed by atoms with Crippen molar-refractivity contribution >= 4 is 0 Å². The summed E-state index contributed by atoms with van der Waals surface area (Å²) in [4.78, 5) is 0. The van der Waals surface area contributed by atoms with E-state index in [1.54, 1.807) is 6.08 Å². The van der Waals surface area contributed by atoms with E-state index in [0.29, 0.717) is 12.8 Å². The Labute approximate surface area is 53.9 Å². The molecule has 0 fully saturated rings. The summed E-state index contributed by atoms with van der Waals surface area (Å²) in [5, 5.41) is 0. The maximum Gasteiger partial charge on any atom is 0.259 e. The number of hydrogen-bond donors (Lipinski definition) is 0. The zero-order chi connectivity index (χ0) is 7.28. The minimum absolute atomic E-state index is 0.00472. The normalized spacial score (nSPS) is 9.67. The highest BCUT2D eigenvalue weighted by molar-refractivity contribution is 4.98. The second-order valence-electron chi connectivity index (χ2n) is 1.79. The standard InChI is InChI=1S/C7H10F2/c1-3-4-5-6(2)7(8)9/h3,7H,1-2,4-5H2. The van der Waals surface area contributed by atoms with Gasteiger partial charge in [-0.05, 0) is 18.4 Å². The molecule has 0 saturated heterocycles. The van der Waals surface area contributed by atoms with Gasteiger partial charge in [-0.25, -0.2) is 8.78 Å². The third-order valence-electron chi connectivity index (χ3n) is 0.978. The van der Waals surface area contributed by atoms with Crippen LogP contribution in [0.15, 0.2) is 24.8 Å².